The highest BCUT2D eigenvalue weighted by Gasteiger charge is 2.23. The van der Waals surface area contributed by atoms with Crippen LogP contribution in [0.1, 0.15) is 25.5 Å². The molecule has 0 radical (unpaired) electrons. The maximum atomic E-state index is 11.6. The Bertz CT molecular complexity index is 1290. The zero-order chi connectivity index (χ0) is 20.8. The van der Waals surface area contributed by atoms with Crippen molar-refractivity contribution < 1.29 is 9.90 Å². The van der Waals surface area contributed by atoms with E-state index in [-0.39, 0.29) is 17.5 Å². The Balaban J connectivity index is 1.61. The molecule has 30 heavy (non-hydrogen) atoms. The lowest BCUT2D eigenvalue weighted by Gasteiger charge is -2.34. The van der Waals surface area contributed by atoms with Crippen LogP contribution in [0.3, 0.4) is 0 Å². The number of carbonyl (C=O) groups is 1. The summed E-state index contributed by atoms with van der Waals surface area (Å²) in [6, 6.07) is 2.24. The molecule has 1 saturated heterocycles. The fourth-order valence-electron chi connectivity index (χ4n) is 3.60. The molecule has 0 bridgehead atoms. The second-order valence-electron chi connectivity index (χ2n) is 7.65. The van der Waals surface area contributed by atoms with E-state index in [0.29, 0.717) is 43.1 Å². The summed E-state index contributed by atoms with van der Waals surface area (Å²) in [5, 5.41) is 15.0. The van der Waals surface area contributed by atoms with E-state index in [0.717, 1.165) is 24.1 Å². The lowest BCUT2D eigenvalue weighted by Crippen LogP contribution is -2.48. The highest BCUT2D eigenvalue weighted by molar-refractivity contribution is 5.73. The van der Waals surface area contributed by atoms with Crippen LogP contribution in [0.2, 0.25) is 0 Å². The first-order valence-corrected chi connectivity index (χ1v) is 9.94. The third kappa shape index (κ3) is 3.42. The van der Waals surface area contributed by atoms with Crippen molar-refractivity contribution in [2.24, 2.45) is 4.99 Å². The van der Waals surface area contributed by atoms with Crippen molar-refractivity contribution in [2.75, 3.05) is 31.1 Å². The van der Waals surface area contributed by atoms with Crippen molar-refractivity contribution in [3.05, 3.63) is 39.1 Å². The molecule has 2 aliphatic rings. The van der Waals surface area contributed by atoms with Gasteiger partial charge in [0.15, 0.2) is 11.1 Å². The van der Waals surface area contributed by atoms with Gasteiger partial charge in [-0.05, 0) is 18.9 Å². The fourth-order valence-corrected chi connectivity index (χ4v) is 3.60. The molecule has 2 fully saturated rings. The van der Waals surface area contributed by atoms with Gasteiger partial charge in [-0.3, -0.25) is 14.8 Å². The summed E-state index contributed by atoms with van der Waals surface area (Å²) in [6.45, 7) is 4.25. The quantitative estimate of drug-likeness (QED) is 0.493. The molecule has 1 amide bonds. The number of H-pyrrole nitrogens is 2. The highest BCUT2D eigenvalue weighted by Crippen LogP contribution is 2.22. The molecule has 3 N–H and O–H groups in total. The molecule has 1 aliphatic heterocycles. The van der Waals surface area contributed by atoms with E-state index in [2.05, 4.69) is 20.0 Å². The molecule has 1 aliphatic carbocycles. The number of nitrogens with zero attached hydrogens (tertiary/aromatic N) is 6. The number of fused-ring (bicyclic) bond motifs is 1. The van der Waals surface area contributed by atoms with Crippen LogP contribution in [0.4, 0.5) is 5.82 Å². The van der Waals surface area contributed by atoms with Crippen molar-refractivity contribution in [1.29, 1.82) is 0 Å². The van der Waals surface area contributed by atoms with Crippen LogP contribution in [-0.4, -0.2) is 72.7 Å². The Morgan fingerprint density at radius 3 is 2.67 bits per heavy atom. The van der Waals surface area contributed by atoms with Crippen LogP contribution in [0, 0.1) is 0 Å². The molecule has 1 saturated carbocycles. The number of piperazine rings is 1. The standard InChI is InChI=1S/C19H22N8O3/c1-11(28)25-4-6-26(7-5-25)15-9-16(21-13-2-3-13)27-17(23-15)12(10-20-27)8-14-18(29)24-19(30)22-14/h8-10,13,29H,2-7H2,1H3,(H2,22,24,30)/b12-8+,21-16?. The van der Waals surface area contributed by atoms with Crippen molar-refractivity contribution in [2.45, 2.75) is 25.8 Å². The Hall–Kier alpha value is -3.63. The molecule has 4 heterocycles. The number of amides is 1. The summed E-state index contributed by atoms with van der Waals surface area (Å²) in [4.78, 5) is 41.5. The van der Waals surface area contributed by atoms with Crippen LogP contribution in [0.25, 0.3) is 11.7 Å². The fraction of sp³-hybridized carbons (Fsp3) is 0.421. The molecule has 156 valence electrons. The molecule has 0 atom stereocenters. The SMILES string of the molecule is CC(=O)N1CCN(c2cc(=NC3CC3)n3nc/c(=C\c4[nH]c(=O)[nH]c4O)c3n2)CC1. The topological polar surface area (TPSA) is 135 Å². The minimum Gasteiger partial charge on any atom is -0.493 e. The molecule has 3 aromatic rings. The second-order valence-corrected chi connectivity index (χ2v) is 7.65. The second kappa shape index (κ2) is 7.01. The monoisotopic (exact) mass is 410 g/mol. The van der Waals surface area contributed by atoms with Crippen LogP contribution in [0.5, 0.6) is 5.88 Å². The summed E-state index contributed by atoms with van der Waals surface area (Å²) in [5.74, 6) is 0.612. The van der Waals surface area contributed by atoms with Crippen LogP contribution < -0.4 is 21.3 Å². The first kappa shape index (κ1) is 18.4. The van der Waals surface area contributed by atoms with Gasteiger partial charge in [0, 0.05) is 44.4 Å². The Kier molecular flexibility index (Phi) is 4.30. The number of nitrogens with one attached hydrogen (secondary N) is 2. The van der Waals surface area contributed by atoms with E-state index in [1.807, 2.05) is 11.0 Å². The Labute approximate surface area is 170 Å². The number of carbonyl (C=O) groups excluding carboxylic acids is 1. The molecule has 0 aromatic carbocycles. The predicted molar refractivity (Wildman–Crippen MR) is 108 cm³/mol. The van der Waals surface area contributed by atoms with E-state index < -0.39 is 5.69 Å². The summed E-state index contributed by atoms with van der Waals surface area (Å²) in [5.41, 5.74) is 1.08. The largest absolute Gasteiger partial charge is 0.493 e. The van der Waals surface area contributed by atoms with E-state index in [1.54, 1.807) is 23.7 Å². The van der Waals surface area contributed by atoms with Gasteiger partial charge >= 0.3 is 5.69 Å². The van der Waals surface area contributed by atoms with E-state index in [9.17, 15) is 14.7 Å². The van der Waals surface area contributed by atoms with Crippen molar-refractivity contribution in [3.63, 3.8) is 0 Å². The highest BCUT2D eigenvalue weighted by atomic mass is 16.3. The molecular formula is C19H22N8O3. The third-order valence-corrected chi connectivity index (χ3v) is 5.41. The van der Waals surface area contributed by atoms with Crippen molar-refractivity contribution in [1.82, 2.24) is 29.5 Å². The lowest BCUT2D eigenvalue weighted by atomic mass is 10.3. The summed E-state index contributed by atoms with van der Waals surface area (Å²) in [6.07, 6.45) is 5.39. The molecule has 5 rings (SSSR count). The number of aromatic amines is 2. The average molecular weight is 410 g/mol. The molecule has 11 nitrogen and oxygen atoms in total. The molecule has 11 heteroatoms. The third-order valence-electron chi connectivity index (χ3n) is 5.41. The number of hydrogen-bond acceptors (Lipinski definition) is 7. The lowest BCUT2D eigenvalue weighted by molar-refractivity contribution is -0.129. The van der Waals surface area contributed by atoms with Gasteiger partial charge in [-0.2, -0.15) is 9.61 Å². The maximum Gasteiger partial charge on any atom is 0.326 e. The Morgan fingerprint density at radius 2 is 2.03 bits per heavy atom. The van der Waals surface area contributed by atoms with Crippen LogP contribution in [-0.2, 0) is 4.79 Å². The summed E-state index contributed by atoms with van der Waals surface area (Å²) >= 11 is 0. The number of anilines is 1. The molecule has 0 unspecified atom stereocenters. The Morgan fingerprint density at radius 1 is 1.27 bits per heavy atom. The number of imidazole rings is 1. The molecule has 0 spiro atoms. The van der Waals surface area contributed by atoms with Gasteiger partial charge in [0.25, 0.3) is 0 Å². The molecular weight excluding hydrogens is 388 g/mol. The van der Waals surface area contributed by atoms with Gasteiger partial charge in [0.1, 0.15) is 11.5 Å². The van der Waals surface area contributed by atoms with Crippen molar-refractivity contribution in [3.8, 4) is 5.88 Å². The van der Waals surface area contributed by atoms with Gasteiger partial charge in [0.2, 0.25) is 11.8 Å². The minimum atomic E-state index is -0.489. The average Bonchev–Trinajstić information content (AvgIpc) is 3.36. The summed E-state index contributed by atoms with van der Waals surface area (Å²) in [7, 11) is 0. The first-order chi connectivity index (χ1) is 14.5. The maximum absolute atomic E-state index is 11.6. The van der Waals surface area contributed by atoms with Gasteiger partial charge in [-0.25, -0.2) is 9.78 Å². The first-order valence-electron chi connectivity index (χ1n) is 9.94. The van der Waals surface area contributed by atoms with E-state index >= 15 is 0 Å². The van der Waals surface area contributed by atoms with Gasteiger partial charge < -0.3 is 19.9 Å². The van der Waals surface area contributed by atoms with Crippen LogP contribution in [0.15, 0.2) is 22.1 Å². The van der Waals surface area contributed by atoms with Gasteiger partial charge in [-0.15, -0.1) is 0 Å². The number of hydrogen-bond donors (Lipinski definition) is 3. The van der Waals surface area contributed by atoms with E-state index in [1.165, 1.54) is 0 Å². The van der Waals surface area contributed by atoms with E-state index in [4.69, 9.17) is 9.98 Å². The number of rotatable bonds is 3. The van der Waals surface area contributed by atoms with Gasteiger partial charge in [0.05, 0.1) is 12.2 Å². The van der Waals surface area contributed by atoms with Gasteiger partial charge in [-0.1, -0.05) is 0 Å². The summed E-state index contributed by atoms with van der Waals surface area (Å²) < 4.78 is 1.68. The minimum absolute atomic E-state index is 0.0791. The normalized spacial score (nSPS) is 18.6. The smallest absolute Gasteiger partial charge is 0.326 e. The predicted octanol–water partition coefficient (Wildman–Crippen LogP) is -1.27. The van der Waals surface area contributed by atoms with Crippen LogP contribution >= 0.6 is 0 Å². The van der Waals surface area contributed by atoms with Crippen molar-refractivity contribution >= 4 is 23.4 Å². The zero-order valence-electron chi connectivity index (χ0n) is 16.5. The zero-order valence-corrected chi connectivity index (χ0v) is 16.5. The molecule has 3 aromatic heterocycles. The number of aromatic hydroxyl groups is 1. The number of aromatic nitrogens is 5.